The van der Waals surface area contributed by atoms with Crippen LogP contribution in [0.15, 0.2) is 47.4 Å². The third kappa shape index (κ3) is 2.09. The summed E-state index contributed by atoms with van der Waals surface area (Å²) >= 11 is 0. The van der Waals surface area contributed by atoms with Gasteiger partial charge in [-0.1, -0.05) is 30.3 Å². The van der Waals surface area contributed by atoms with Gasteiger partial charge in [0.15, 0.2) is 10.7 Å². The predicted octanol–water partition coefficient (Wildman–Crippen LogP) is 1.49. The first-order valence-corrected chi connectivity index (χ1v) is 6.16. The van der Waals surface area contributed by atoms with Crippen molar-refractivity contribution in [2.24, 2.45) is 0 Å². The van der Waals surface area contributed by atoms with Crippen LogP contribution in [0.1, 0.15) is 0 Å². The van der Waals surface area contributed by atoms with E-state index < -0.39 is 10.7 Å². The van der Waals surface area contributed by atoms with E-state index in [2.05, 4.69) is 0 Å². The van der Waals surface area contributed by atoms with Crippen LogP contribution in [0.2, 0.25) is 0 Å². The molecule has 0 radical (unpaired) electrons. The second-order valence-corrected chi connectivity index (χ2v) is 4.58. The second-order valence-electron chi connectivity index (χ2n) is 3.58. The Labute approximate surface area is 101 Å². The third-order valence-corrected chi connectivity index (χ3v) is 3.31. The maximum Gasteiger partial charge on any atom is 0.168 e. The van der Waals surface area contributed by atoms with E-state index in [1.165, 1.54) is 0 Å². The zero-order valence-corrected chi connectivity index (χ0v) is 9.85. The Kier molecular flexibility index (Phi) is 3.01. The van der Waals surface area contributed by atoms with Crippen molar-refractivity contribution in [3.63, 3.8) is 0 Å². The first-order chi connectivity index (χ1) is 8.11. The van der Waals surface area contributed by atoms with E-state index in [9.17, 15) is 8.42 Å². The number of hydrogen-bond donors (Lipinski definition) is 3. The minimum Gasteiger partial charge on any atom is -0.397 e. The highest BCUT2D eigenvalue weighted by molar-refractivity contribution is 7.72. The van der Waals surface area contributed by atoms with Gasteiger partial charge in [0.05, 0.1) is 16.3 Å². The molecule has 17 heavy (non-hydrogen) atoms. The van der Waals surface area contributed by atoms with Gasteiger partial charge in [0.25, 0.3) is 0 Å². The Bertz CT molecular complexity index is 628. The van der Waals surface area contributed by atoms with Gasteiger partial charge in [-0.15, -0.1) is 0 Å². The van der Waals surface area contributed by atoms with Crippen LogP contribution in [-0.4, -0.2) is 8.42 Å². The predicted molar refractivity (Wildman–Crippen MR) is 69.3 cm³/mol. The van der Waals surface area contributed by atoms with Gasteiger partial charge in [-0.05, 0) is 12.1 Å². The van der Waals surface area contributed by atoms with Gasteiger partial charge in [-0.3, -0.25) is 0 Å². The van der Waals surface area contributed by atoms with Crippen molar-refractivity contribution in [1.29, 1.82) is 0 Å². The minimum atomic E-state index is -2.66. The summed E-state index contributed by atoms with van der Waals surface area (Å²) in [5, 5.41) is 0. The van der Waals surface area contributed by atoms with E-state index in [4.69, 9.17) is 11.5 Å². The van der Waals surface area contributed by atoms with Crippen LogP contribution in [0.4, 0.5) is 11.4 Å². The molecule has 2 rings (SSSR count). The Morgan fingerprint density at radius 3 is 2.18 bits per heavy atom. The fourth-order valence-electron chi connectivity index (χ4n) is 1.68. The summed E-state index contributed by atoms with van der Waals surface area (Å²) in [7, 11) is -2.66. The highest BCUT2D eigenvalue weighted by Crippen LogP contribution is 2.32. The van der Waals surface area contributed by atoms with Gasteiger partial charge < -0.3 is 11.5 Å². The molecule has 0 aromatic heterocycles. The lowest BCUT2D eigenvalue weighted by Crippen LogP contribution is -1.98. The first kappa shape index (κ1) is 11.5. The highest BCUT2D eigenvalue weighted by atomic mass is 32.2. The summed E-state index contributed by atoms with van der Waals surface area (Å²) in [5.74, 6) is 0. The lowest BCUT2D eigenvalue weighted by molar-refractivity contribution is 0.615. The monoisotopic (exact) mass is 248 g/mol. The molecule has 0 aliphatic heterocycles. The summed E-state index contributed by atoms with van der Waals surface area (Å²) < 4.78 is 22.3. The molecule has 0 aliphatic carbocycles. The molecule has 4 nitrogen and oxygen atoms in total. The van der Waals surface area contributed by atoms with Crippen molar-refractivity contribution in [2.75, 3.05) is 11.5 Å². The van der Waals surface area contributed by atoms with Crippen LogP contribution >= 0.6 is 0 Å². The molecule has 5 heteroatoms. The normalized spacial score (nSPS) is 10.6. The van der Waals surface area contributed by atoms with E-state index in [1.807, 2.05) is 0 Å². The summed E-state index contributed by atoms with van der Waals surface area (Å²) in [6.45, 7) is 0. The number of nitrogens with two attached hydrogens (primary N) is 2. The molecule has 2 aromatic carbocycles. The Balaban J connectivity index is 2.73. The Morgan fingerprint density at radius 1 is 0.824 bits per heavy atom. The number of thiol groups is 1. The summed E-state index contributed by atoms with van der Waals surface area (Å²) in [5.41, 5.74) is 13.6. The van der Waals surface area contributed by atoms with Crippen molar-refractivity contribution < 1.29 is 8.42 Å². The van der Waals surface area contributed by atoms with Gasteiger partial charge in [0, 0.05) is 11.1 Å². The number of nitrogen functional groups attached to an aromatic ring is 2. The van der Waals surface area contributed by atoms with Gasteiger partial charge in [-0.2, -0.15) is 0 Å². The van der Waals surface area contributed by atoms with Crippen LogP contribution in [0.25, 0.3) is 11.1 Å². The quantitative estimate of drug-likeness (QED) is 0.555. The van der Waals surface area contributed by atoms with E-state index in [-0.39, 0.29) is 4.90 Å². The minimum absolute atomic E-state index is 0.250. The van der Waals surface area contributed by atoms with E-state index in [0.717, 1.165) is 0 Å². The Hall–Kier alpha value is -2.01. The molecule has 0 bridgehead atoms. The van der Waals surface area contributed by atoms with Crippen molar-refractivity contribution >= 4 is 22.1 Å². The van der Waals surface area contributed by atoms with E-state index in [1.54, 1.807) is 42.5 Å². The molecule has 88 valence electrons. The first-order valence-electron chi connectivity index (χ1n) is 4.99. The van der Waals surface area contributed by atoms with Crippen molar-refractivity contribution in [1.82, 2.24) is 0 Å². The lowest BCUT2D eigenvalue weighted by Gasteiger charge is -2.09. The fraction of sp³-hybridized carbons (Fsp3) is 0. The van der Waals surface area contributed by atoms with Crippen molar-refractivity contribution in [3.8, 4) is 11.1 Å². The van der Waals surface area contributed by atoms with Crippen LogP contribution in [0.5, 0.6) is 0 Å². The SMILES string of the molecule is Nc1cccc(-c2ccccc2[SH](=O)=O)c1N. The number of rotatable bonds is 2. The van der Waals surface area contributed by atoms with Crippen LogP contribution in [-0.2, 0) is 10.7 Å². The molecule has 4 N–H and O–H groups in total. The van der Waals surface area contributed by atoms with E-state index in [0.29, 0.717) is 22.5 Å². The van der Waals surface area contributed by atoms with Crippen LogP contribution < -0.4 is 11.5 Å². The van der Waals surface area contributed by atoms with Gasteiger partial charge >= 0.3 is 0 Å². The summed E-state index contributed by atoms with van der Waals surface area (Å²) in [6, 6.07) is 11.9. The van der Waals surface area contributed by atoms with E-state index >= 15 is 0 Å². The number of hydrogen-bond acceptors (Lipinski definition) is 4. The molecule has 0 heterocycles. The average molecular weight is 248 g/mol. The topological polar surface area (TPSA) is 86.2 Å². The molecular formula is C12H12N2O2S. The largest absolute Gasteiger partial charge is 0.397 e. The third-order valence-electron chi connectivity index (χ3n) is 2.53. The molecule has 0 fully saturated rings. The maximum atomic E-state index is 11.2. The number of para-hydroxylation sites is 1. The highest BCUT2D eigenvalue weighted by Gasteiger charge is 2.10. The molecule has 0 saturated heterocycles. The van der Waals surface area contributed by atoms with Crippen LogP contribution in [0.3, 0.4) is 0 Å². The molecule has 2 aromatic rings. The molecule has 0 atom stereocenters. The molecule has 0 unspecified atom stereocenters. The van der Waals surface area contributed by atoms with Gasteiger partial charge in [0.1, 0.15) is 0 Å². The lowest BCUT2D eigenvalue weighted by atomic mass is 10.0. The van der Waals surface area contributed by atoms with Gasteiger partial charge in [0.2, 0.25) is 0 Å². The number of anilines is 2. The standard InChI is InChI=1S/C12H12N2O2S/c13-10-6-3-5-9(12(10)14)8-4-1-2-7-11(8)17(15)16/h1-7,17H,13-14H2. The zero-order chi connectivity index (χ0) is 12.4. The average Bonchev–Trinajstić information content (AvgIpc) is 2.33. The molecule has 0 aliphatic rings. The summed E-state index contributed by atoms with van der Waals surface area (Å²) in [4.78, 5) is 0.250. The molecule has 0 saturated carbocycles. The fourth-order valence-corrected chi connectivity index (χ4v) is 2.28. The molecule has 0 amide bonds. The maximum absolute atomic E-state index is 11.2. The molecule has 0 spiro atoms. The Morgan fingerprint density at radius 2 is 1.47 bits per heavy atom. The van der Waals surface area contributed by atoms with Gasteiger partial charge in [-0.25, -0.2) is 8.42 Å². The molecular weight excluding hydrogens is 236 g/mol. The zero-order valence-electron chi connectivity index (χ0n) is 8.96. The van der Waals surface area contributed by atoms with Crippen molar-refractivity contribution in [3.05, 3.63) is 42.5 Å². The second kappa shape index (κ2) is 4.47. The van der Waals surface area contributed by atoms with Crippen LogP contribution in [0, 0.1) is 0 Å². The summed E-state index contributed by atoms with van der Waals surface area (Å²) in [6.07, 6.45) is 0. The number of benzene rings is 2. The smallest absolute Gasteiger partial charge is 0.168 e. The van der Waals surface area contributed by atoms with Crippen molar-refractivity contribution in [2.45, 2.75) is 4.90 Å².